The first kappa shape index (κ1) is 26.9. The zero-order valence-electron chi connectivity index (χ0n) is 21.7. The summed E-state index contributed by atoms with van der Waals surface area (Å²) in [5, 5.41) is 17.5. The van der Waals surface area contributed by atoms with Gasteiger partial charge >= 0.3 is 0 Å². The molecule has 0 saturated heterocycles. The van der Waals surface area contributed by atoms with Gasteiger partial charge < -0.3 is 10.1 Å². The number of nitriles is 1. The molecule has 0 aliphatic carbocycles. The third-order valence-corrected chi connectivity index (χ3v) is 7.22. The van der Waals surface area contributed by atoms with Crippen molar-refractivity contribution in [2.75, 3.05) is 24.7 Å². The van der Waals surface area contributed by atoms with Crippen molar-refractivity contribution < 1.29 is 13.2 Å². The minimum Gasteiger partial charge on any atom is -0.491 e. The number of ether oxygens (including phenoxy) is 1. The number of nitrogens with zero attached hydrogens (tertiary/aromatic N) is 3. The molecule has 4 aromatic rings. The van der Waals surface area contributed by atoms with Crippen LogP contribution in [-0.2, 0) is 16.6 Å². The van der Waals surface area contributed by atoms with Gasteiger partial charge in [-0.15, -0.1) is 0 Å². The van der Waals surface area contributed by atoms with Crippen LogP contribution in [0, 0.1) is 11.3 Å². The molecule has 0 saturated carbocycles. The zero-order valence-corrected chi connectivity index (χ0v) is 22.5. The van der Waals surface area contributed by atoms with E-state index in [2.05, 4.69) is 22.2 Å². The van der Waals surface area contributed by atoms with E-state index in [-0.39, 0.29) is 18.4 Å². The average Bonchev–Trinajstić information content (AvgIpc) is 3.37. The third-order valence-electron chi connectivity index (χ3n) is 5.85. The highest BCUT2D eigenvalue weighted by molar-refractivity contribution is 7.89. The monoisotopic (exact) mass is 529 g/mol. The highest BCUT2D eigenvalue weighted by Gasteiger charge is 2.13. The first-order chi connectivity index (χ1) is 18.3. The SMILES string of the molecule is CNS(=O)(=O)CCNc1ccc(-c2ccccc2)cc1-c1ccn(Cc2cc(C#N)cc(OC(C)C)c2)n1. The lowest BCUT2D eigenvalue weighted by atomic mass is 10.00. The van der Waals surface area contributed by atoms with Crippen LogP contribution in [0.4, 0.5) is 5.69 Å². The Kier molecular flexibility index (Phi) is 8.46. The fourth-order valence-corrected chi connectivity index (χ4v) is 4.65. The van der Waals surface area contributed by atoms with Crippen LogP contribution in [0.2, 0.25) is 0 Å². The summed E-state index contributed by atoms with van der Waals surface area (Å²) < 4.78 is 33.8. The van der Waals surface area contributed by atoms with Crippen LogP contribution < -0.4 is 14.8 Å². The first-order valence-corrected chi connectivity index (χ1v) is 14.0. The summed E-state index contributed by atoms with van der Waals surface area (Å²) in [7, 11) is -1.92. The van der Waals surface area contributed by atoms with Gasteiger partial charge in [0.2, 0.25) is 10.0 Å². The maximum Gasteiger partial charge on any atom is 0.213 e. The second-order valence-electron chi connectivity index (χ2n) is 9.12. The maximum atomic E-state index is 11.9. The van der Waals surface area contributed by atoms with E-state index in [0.29, 0.717) is 17.9 Å². The standard InChI is InChI=1S/C29H31N5O3S/c1-21(2)37-26-16-22(19-30)15-23(17-26)20-34-13-11-29(33-34)27-18-25(24-7-5-4-6-8-24)9-10-28(27)32-12-14-38(35,36)31-3/h4-11,13,15-18,21,31-32H,12,14,20H2,1-3H3. The van der Waals surface area contributed by atoms with Crippen LogP contribution >= 0.6 is 0 Å². The van der Waals surface area contributed by atoms with Crippen molar-refractivity contribution >= 4 is 15.7 Å². The summed E-state index contributed by atoms with van der Waals surface area (Å²) in [6.07, 6.45) is 1.89. The third kappa shape index (κ3) is 7.00. The van der Waals surface area contributed by atoms with E-state index in [1.807, 2.05) is 85.4 Å². The lowest BCUT2D eigenvalue weighted by Crippen LogP contribution is -2.26. The maximum absolute atomic E-state index is 11.9. The summed E-state index contributed by atoms with van der Waals surface area (Å²) in [6.45, 7) is 4.61. The molecule has 0 aliphatic rings. The largest absolute Gasteiger partial charge is 0.491 e. The van der Waals surface area contributed by atoms with Crippen LogP contribution in [0.1, 0.15) is 25.0 Å². The molecule has 196 valence electrons. The predicted molar refractivity (Wildman–Crippen MR) is 150 cm³/mol. The molecule has 38 heavy (non-hydrogen) atoms. The number of nitrogens with one attached hydrogen (secondary N) is 2. The Bertz CT molecular complexity index is 1540. The van der Waals surface area contributed by atoms with Gasteiger partial charge in [0.25, 0.3) is 0 Å². The van der Waals surface area contributed by atoms with Gasteiger partial charge in [-0.1, -0.05) is 36.4 Å². The van der Waals surface area contributed by atoms with E-state index in [4.69, 9.17) is 9.84 Å². The number of sulfonamides is 1. The molecule has 1 heterocycles. The van der Waals surface area contributed by atoms with Crippen LogP contribution in [0.3, 0.4) is 0 Å². The van der Waals surface area contributed by atoms with Gasteiger partial charge in [-0.3, -0.25) is 4.68 Å². The Morgan fingerprint density at radius 1 is 1.03 bits per heavy atom. The van der Waals surface area contributed by atoms with Gasteiger partial charge in [0.15, 0.2) is 0 Å². The van der Waals surface area contributed by atoms with Crippen LogP contribution in [-0.4, -0.2) is 43.6 Å². The van der Waals surface area contributed by atoms with Gasteiger partial charge in [0.05, 0.1) is 35.7 Å². The summed E-state index contributed by atoms with van der Waals surface area (Å²) in [5.41, 5.74) is 5.94. The van der Waals surface area contributed by atoms with Gasteiger partial charge in [0, 0.05) is 24.0 Å². The van der Waals surface area contributed by atoms with E-state index in [9.17, 15) is 13.7 Å². The van der Waals surface area contributed by atoms with Crippen molar-refractivity contribution in [3.63, 3.8) is 0 Å². The topological polar surface area (TPSA) is 109 Å². The summed E-state index contributed by atoms with van der Waals surface area (Å²) in [5.74, 6) is 0.605. The van der Waals surface area contributed by atoms with Crippen molar-refractivity contribution in [3.8, 4) is 34.2 Å². The van der Waals surface area contributed by atoms with Crippen LogP contribution in [0.15, 0.2) is 79.0 Å². The summed E-state index contributed by atoms with van der Waals surface area (Å²) in [6, 6.07) is 25.7. The Balaban J connectivity index is 1.64. The zero-order chi connectivity index (χ0) is 27.1. The number of rotatable bonds is 11. The molecular weight excluding hydrogens is 498 g/mol. The van der Waals surface area contributed by atoms with E-state index in [0.717, 1.165) is 33.6 Å². The molecule has 0 aliphatic heterocycles. The molecule has 0 radical (unpaired) electrons. The summed E-state index contributed by atoms with van der Waals surface area (Å²) in [4.78, 5) is 0. The van der Waals surface area contributed by atoms with Gasteiger partial charge in [-0.05, 0) is 74.0 Å². The molecule has 0 unspecified atom stereocenters. The highest BCUT2D eigenvalue weighted by Crippen LogP contribution is 2.32. The van der Waals surface area contributed by atoms with Gasteiger partial charge in [-0.25, -0.2) is 13.1 Å². The quantitative estimate of drug-likeness (QED) is 0.287. The lowest BCUT2D eigenvalue weighted by molar-refractivity contribution is 0.242. The molecule has 4 rings (SSSR count). The van der Waals surface area contributed by atoms with Gasteiger partial charge in [-0.2, -0.15) is 10.4 Å². The van der Waals surface area contributed by atoms with Crippen molar-refractivity contribution in [1.29, 1.82) is 5.26 Å². The first-order valence-electron chi connectivity index (χ1n) is 12.4. The van der Waals surface area contributed by atoms with E-state index >= 15 is 0 Å². The minimum absolute atomic E-state index is 0.000920. The normalized spacial score (nSPS) is 11.3. The molecule has 0 atom stereocenters. The smallest absolute Gasteiger partial charge is 0.213 e. The average molecular weight is 530 g/mol. The Morgan fingerprint density at radius 2 is 1.82 bits per heavy atom. The minimum atomic E-state index is -3.33. The molecule has 8 nitrogen and oxygen atoms in total. The van der Waals surface area contributed by atoms with Gasteiger partial charge in [0.1, 0.15) is 5.75 Å². The van der Waals surface area contributed by atoms with Crippen LogP contribution in [0.5, 0.6) is 5.75 Å². The fourth-order valence-electron chi connectivity index (χ4n) is 4.08. The molecule has 1 aromatic heterocycles. The highest BCUT2D eigenvalue weighted by atomic mass is 32.2. The fraction of sp³-hybridized carbons (Fsp3) is 0.241. The second kappa shape index (κ2) is 11.9. The number of hydrogen-bond acceptors (Lipinski definition) is 6. The lowest BCUT2D eigenvalue weighted by Gasteiger charge is -2.13. The Labute approximate surface area is 223 Å². The molecule has 0 bridgehead atoms. The molecule has 2 N–H and O–H groups in total. The molecule has 3 aromatic carbocycles. The number of aromatic nitrogens is 2. The molecule has 0 amide bonds. The Morgan fingerprint density at radius 3 is 2.53 bits per heavy atom. The molecular formula is C29H31N5O3S. The van der Waals surface area contributed by atoms with E-state index in [1.165, 1.54) is 7.05 Å². The molecule has 9 heteroatoms. The van der Waals surface area contributed by atoms with Crippen LogP contribution in [0.25, 0.3) is 22.4 Å². The second-order valence-corrected chi connectivity index (χ2v) is 11.2. The predicted octanol–water partition coefficient (Wildman–Crippen LogP) is 4.89. The van der Waals surface area contributed by atoms with E-state index < -0.39 is 10.0 Å². The number of hydrogen-bond donors (Lipinski definition) is 2. The van der Waals surface area contributed by atoms with Crippen molar-refractivity contribution in [1.82, 2.24) is 14.5 Å². The van der Waals surface area contributed by atoms with E-state index in [1.54, 1.807) is 6.07 Å². The van der Waals surface area contributed by atoms with Crippen molar-refractivity contribution in [3.05, 3.63) is 90.1 Å². The number of benzene rings is 3. The van der Waals surface area contributed by atoms with Crippen molar-refractivity contribution in [2.45, 2.75) is 26.5 Å². The molecule has 0 fully saturated rings. The summed E-state index contributed by atoms with van der Waals surface area (Å²) >= 11 is 0. The Hall–Kier alpha value is -4.13. The van der Waals surface area contributed by atoms with Crippen molar-refractivity contribution in [2.24, 2.45) is 0 Å². The molecule has 0 spiro atoms. The number of anilines is 1.